The summed E-state index contributed by atoms with van der Waals surface area (Å²) in [5.74, 6) is 1.04. The van der Waals surface area contributed by atoms with Crippen molar-refractivity contribution in [2.24, 2.45) is 5.92 Å². The van der Waals surface area contributed by atoms with Crippen molar-refractivity contribution in [1.82, 2.24) is 5.32 Å². The number of hydrogen-bond donors (Lipinski definition) is 1. The average Bonchev–Trinajstić information content (AvgIpc) is 2.59. The minimum atomic E-state index is 0.105. The van der Waals surface area contributed by atoms with Gasteiger partial charge in [-0.3, -0.25) is 4.79 Å². The molecule has 2 rings (SSSR count). The molecule has 0 radical (unpaired) electrons. The molecule has 3 unspecified atom stereocenters. The molecule has 1 aliphatic heterocycles. The zero-order chi connectivity index (χ0) is 10.8. The maximum Gasteiger partial charge on any atom is 0.172 e. The van der Waals surface area contributed by atoms with Gasteiger partial charge in [-0.15, -0.1) is 0 Å². The van der Waals surface area contributed by atoms with E-state index >= 15 is 0 Å². The van der Waals surface area contributed by atoms with Crippen LogP contribution in [0.15, 0.2) is 11.6 Å². The zero-order valence-electron chi connectivity index (χ0n) is 9.75. The minimum Gasteiger partial charge on any atom is -0.304 e. The van der Waals surface area contributed by atoms with Crippen LogP contribution in [0.3, 0.4) is 0 Å². The van der Waals surface area contributed by atoms with Crippen molar-refractivity contribution < 1.29 is 4.79 Å². The van der Waals surface area contributed by atoms with E-state index in [2.05, 4.69) is 5.32 Å². The Kier molecular flexibility index (Phi) is 3.25. The van der Waals surface area contributed by atoms with Crippen LogP contribution in [0.1, 0.15) is 46.0 Å². The highest BCUT2D eigenvalue weighted by Gasteiger charge is 2.37. The Morgan fingerprint density at radius 3 is 2.67 bits per heavy atom. The summed E-state index contributed by atoms with van der Waals surface area (Å²) in [4.78, 5) is 11.9. The first-order valence-corrected chi connectivity index (χ1v) is 6.11. The maximum atomic E-state index is 11.9. The highest BCUT2D eigenvalue weighted by atomic mass is 16.1. The van der Waals surface area contributed by atoms with Gasteiger partial charge in [-0.05, 0) is 45.1 Å². The highest BCUT2D eigenvalue weighted by Crippen LogP contribution is 2.33. The quantitative estimate of drug-likeness (QED) is 0.705. The van der Waals surface area contributed by atoms with E-state index < -0.39 is 0 Å². The van der Waals surface area contributed by atoms with Crippen molar-refractivity contribution in [1.29, 1.82) is 0 Å². The van der Waals surface area contributed by atoms with Gasteiger partial charge >= 0.3 is 0 Å². The molecule has 1 heterocycles. The summed E-state index contributed by atoms with van der Waals surface area (Å²) < 4.78 is 0. The number of rotatable bonds is 2. The molecule has 1 N–H and O–H groups in total. The van der Waals surface area contributed by atoms with Crippen LogP contribution in [0.25, 0.3) is 0 Å². The Morgan fingerprint density at radius 1 is 1.27 bits per heavy atom. The van der Waals surface area contributed by atoms with Gasteiger partial charge in [0.1, 0.15) is 0 Å². The third kappa shape index (κ3) is 2.49. The zero-order valence-corrected chi connectivity index (χ0v) is 9.75. The summed E-state index contributed by atoms with van der Waals surface area (Å²) in [5, 5.41) is 3.50. The SMILES string of the molecule is CC(C)=CC(=O)C1CC2CCCCC2N1. The summed E-state index contributed by atoms with van der Waals surface area (Å²) >= 11 is 0. The predicted octanol–water partition coefficient (Wildman–Crippen LogP) is 2.44. The Labute approximate surface area is 92.1 Å². The van der Waals surface area contributed by atoms with Crippen LogP contribution in [-0.2, 0) is 4.79 Å². The standard InChI is InChI=1S/C13H21NO/c1-9(2)7-13(15)12-8-10-5-3-4-6-11(10)14-12/h7,10-12,14H,3-6,8H2,1-2H3. The fraction of sp³-hybridized carbons (Fsp3) is 0.769. The van der Waals surface area contributed by atoms with Crippen molar-refractivity contribution in [2.75, 3.05) is 0 Å². The van der Waals surface area contributed by atoms with Crippen molar-refractivity contribution in [3.8, 4) is 0 Å². The Hall–Kier alpha value is -0.630. The van der Waals surface area contributed by atoms with E-state index in [4.69, 9.17) is 0 Å². The third-order valence-electron chi connectivity index (χ3n) is 3.64. The van der Waals surface area contributed by atoms with Gasteiger partial charge in [0.15, 0.2) is 5.78 Å². The molecule has 0 amide bonds. The monoisotopic (exact) mass is 207 g/mol. The molecule has 2 heteroatoms. The Bertz CT molecular complexity index is 264. The average molecular weight is 207 g/mol. The lowest BCUT2D eigenvalue weighted by atomic mass is 9.85. The number of nitrogens with one attached hydrogen (secondary N) is 1. The second kappa shape index (κ2) is 4.48. The fourth-order valence-corrected chi connectivity index (χ4v) is 2.92. The van der Waals surface area contributed by atoms with Crippen LogP contribution in [0.2, 0.25) is 0 Å². The molecule has 15 heavy (non-hydrogen) atoms. The van der Waals surface area contributed by atoms with Crippen molar-refractivity contribution >= 4 is 5.78 Å². The van der Waals surface area contributed by atoms with Crippen molar-refractivity contribution in [2.45, 2.75) is 58.0 Å². The highest BCUT2D eigenvalue weighted by molar-refractivity contribution is 5.95. The van der Waals surface area contributed by atoms with Gasteiger partial charge in [0, 0.05) is 6.04 Å². The lowest BCUT2D eigenvalue weighted by Crippen LogP contribution is -2.36. The molecule has 0 aromatic rings. The molecule has 1 aliphatic carbocycles. The predicted molar refractivity (Wildman–Crippen MR) is 61.7 cm³/mol. The van der Waals surface area contributed by atoms with Gasteiger partial charge in [0.25, 0.3) is 0 Å². The number of carbonyl (C=O) groups excluding carboxylic acids is 1. The molecule has 84 valence electrons. The molecule has 2 aliphatic rings. The van der Waals surface area contributed by atoms with Crippen LogP contribution in [0.5, 0.6) is 0 Å². The first-order chi connectivity index (χ1) is 7.16. The van der Waals surface area contributed by atoms with E-state index in [9.17, 15) is 4.79 Å². The second-order valence-electron chi connectivity index (χ2n) is 5.23. The third-order valence-corrected chi connectivity index (χ3v) is 3.64. The molecule has 0 bridgehead atoms. The first kappa shape index (κ1) is 10.9. The summed E-state index contributed by atoms with van der Waals surface area (Å²) in [6, 6.07) is 0.728. The Balaban J connectivity index is 1.96. The van der Waals surface area contributed by atoms with Crippen molar-refractivity contribution in [3.05, 3.63) is 11.6 Å². The molecule has 1 saturated heterocycles. The number of hydrogen-bond acceptors (Lipinski definition) is 2. The van der Waals surface area contributed by atoms with Crippen LogP contribution >= 0.6 is 0 Å². The Morgan fingerprint density at radius 2 is 2.00 bits per heavy atom. The molecule has 0 aromatic carbocycles. The molecule has 3 atom stereocenters. The van der Waals surface area contributed by atoms with Gasteiger partial charge in [-0.25, -0.2) is 0 Å². The number of allylic oxidation sites excluding steroid dienone is 1. The number of ketones is 1. The normalized spacial score (nSPS) is 34.7. The lowest BCUT2D eigenvalue weighted by Gasteiger charge is -2.24. The topological polar surface area (TPSA) is 29.1 Å². The van der Waals surface area contributed by atoms with E-state index in [1.807, 2.05) is 13.8 Å². The lowest BCUT2D eigenvalue weighted by molar-refractivity contribution is -0.116. The minimum absolute atomic E-state index is 0.105. The molecule has 1 saturated carbocycles. The summed E-state index contributed by atoms with van der Waals surface area (Å²) in [7, 11) is 0. The van der Waals surface area contributed by atoms with Gasteiger partial charge in [-0.1, -0.05) is 18.4 Å². The van der Waals surface area contributed by atoms with Crippen LogP contribution < -0.4 is 5.32 Å². The fourth-order valence-electron chi connectivity index (χ4n) is 2.92. The van der Waals surface area contributed by atoms with E-state index in [1.54, 1.807) is 6.08 Å². The molecule has 2 fully saturated rings. The molecule has 0 aromatic heterocycles. The maximum absolute atomic E-state index is 11.9. The van der Waals surface area contributed by atoms with Crippen LogP contribution in [0, 0.1) is 5.92 Å². The first-order valence-electron chi connectivity index (χ1n) is 6.11. The molecular formula is C13H21NO. The van der Waals surface area contributed by atoms with Crippen LogP contribution in [-0.4, -0.2) is 17.9 Å². The van der Waals surface area contributed by atoms with Gasteiger partial charge in [0.05, 0.1) is 6.04 Å². The van der Waals surface area contributed by atoms with E-state index in [-0.39, 0.29) is 11.8 Å². The largest absolute Gasteiger partial charge is 0.304 e. The molecular weight excluding hydrogens is 186 g/mol. The van der Waals surface area contributed by atoms with Gasteiger partial charge < -0.3 is 5.32 Å². The number of fused-ring (bicyclic) bond motifs is 1. The molecule has 2 nitrogen and oxygen atoms in total. The van der Waals surface area contributed by atoms with Gasteiger partial charge in [0.2, 0.25) is 0 Å². The van der Waals surface area contributed by atoms with Crippen molar-refractivity contribution in [3.63, 3.8) is 0 Å². The summed E-state index contributed by atoms with van der Waals surface area (Å²) in [6.45, 7) is 3.97. The van der Waals surface area contributed by atoms with Crippen LogP contribution in [0.4, 0.5) is 0 Å². The summed E-state index contributed by atoms with van der Waals surface area (Å²) in [6.07, 6.45) is 8.12. The summed E-state index contributed by atoms with van der Waals surface area (Å²) in [5.41, 5.74) is 1.11. The van der Waals surface area contributed by atoms with E-state index in [0.29, 0.717) is 6.04 Å². The number of carbonyl (C=O) groups is 1. The smallest absolute Gasteiger partial charge is 0.172 e. The molecule has 0 spiro atoms. The van der Waals surface area contributed by atoms with Gasteiger partial charge in [-0.2, -0.15) is 0 Å². The second-order valence-corrected chi connectivity index (χ2v) is 5.23. The van der Waals surface area contributed by atoms with E-state index in [0.717, 1.165) is 17.9 Å². The van der Waals surface area contributed by atoms with E-state index in [1.165, 1.54) is 25.7 Å².